The van der Waals surface area contributed by atoms with Crippen molar-refractivity contribution < 1.29 is 9.47 Å². The number of ether oxygens (including phenoxy) is 2. The van der Waals surface area contributed by atoms with E-state index >= 15 is 0 Å². The van der Waals surface area contributed by atoms with Gasteiger partial charge in [-0.2, -0.15) is 0 Å². The van der Waals surface area contributed by atoms with Crippen LogP contribution < -0.4 is 9.47 Å². The molecule has 1 fully saturated rings. The molecule has 20 heavy (non-hydrogen) atoms. The molecule has 2 heteroatoms. The molecule has 1 aliphatic carbocycles. The summed E-state index contributed by atoms with van der Waals surface area (Å²) in [4.78, 5) is 0. The molecule has 1 aromatic rings. The van der Waals surface area contributed by atoms with Crippen molar-refractivity contribution in [2.75, 3.05) is 13.2 Å². The van der Waals surface area contributed by atoms with Gasteiger partial charge in [0.05, 0.1) is 13.2 Å². The molecule has 0 radical (unpaired) electrons. The fourth-order valence-electron chi connectivity index (χ4n) is 2.66. The molecule has 0 amide bonds. The van der Waals surface area contributed by atoms with Crippen LogP contribution in [0.25, 0.3) is 0 Å². The molecule has 0 aliphatic heterocycles. The Bertz CT molecular complexity index is 356. The molecule has 0 heterocycles. The Balaban J connectivity index is 0.000000956. The van der Waals surface area contributed by atoms with Crippen LogP contribution in [0.15, 0.2) is 37.4 Å². The van der Waals surface area contributed by atoms with Gasteiger partial charge < -0.3 is 9.47 Å². The first-order valence-corrected chi connectivity index (χ1v) is 7.74. The van der Waals surface area contributed by atoms with Gasteiger partial charge in [-0.05, 0) is 31.4 Å². The molecule has 2 nitrogen and oxygen atoms in total. The maximum absolute atomic E-state index is 5.87. The Morgan fingerprint density at radius 2 is 1.60 bits per heavy atom. The van der Waals surface area contributed by atoms with Gasteiger partial charge in [0, 0.05) is 0 Å². The van der Waals surface area contributed by atoms with Gasteiger partial charge in [0.2, 0.25) is 0 Å². The van der Waals surface area contributed by atoms with Crippen molar-refractivity contribution in [3.05, 3.63) is 37.4 Å². The number of rotatable bonds is 6. The Morgan fingerprint density at radius 3 is 2.20 bits per heavy atom. The lowest BCUT2D eigenvalue weighted by Crippen LogP contribution is -2.11. The largest absolute Gasteiger partial charge is 0.490 e. The minimum absolute atomic E-state index is 0.684. The van der Waals surface area contributed by atoms with Crippen LogP contribution in [0.3, 0.4) is 0 Å². The molecule has 0 aromatic heterocycles. The van der Waals surface area contributed by atoms with Crippen molar-refractivity contribution in [3.8, 4) is 11.5 Å². The van der Waals surface area contributed by atoms with Gasteiger partial charge >= 0.3 is 0 Å². The topological polar surface area (TPSA) is 18.5 Å². The SMILES string of the molecule is C=C.CCOc1ccccc1OCCC1CCCCC1. The number of benzene rings is 1. The minimum atomic E-state index is 0.684. The van der Waals surface area contributed by atoms with Crippen molar-refractivity contribution in [2.24, 2.45) is 5.92 Å². The molecule has 0 spiro atoms. The third-order valence-electron chi connectivity index (χ3n) is 3.66. The highest BCUT2D eigenvalue weighted by Crippen LogP contribution is 2.29. The summed E-state index contributed by atoms with van der Waals surface area (Å²) in [6.07, 6.45) is 8.18. The molecular formula is C18H28O2. The molecule has 1 aromatic carbocycles. The highest BCUT2D eigenvalue weighted by Gasteiger charge is 2.13. The molecule has 1 aliphatic rings. The van der Waals surface area contributed by atoms with Gasteiger partial charge in [-0.15, -0.1) is 13.2 Å². The van der Waals surface area contributed by atoms with Crippen LogP contribution in [-0.2, 0) is 0 Å². The average Bonchev–Trinajstić information content (AvgIpc) is 2.52. The fourth-order valence-corrected chi connectivity index (χ4v) is 2.66. The summed E-state index contributed by atoms with van der Waals surface area (Å²) >= 11 is 0. The normalized spacial score (nSPS) is 15.1. The highest BCUT2D eigenvalue weighted by molar-refractivity contribution is 5.39. The average molecular weight is 276 g/mol. The highest BCUT2D eigenvalue weighted by atomic mass is 16.5. The first-order valence-electron chi connectivity index (χ1n) is 7.74. The quantitative estimate of drug-likeness (QED) is 0.662. The van der Waals surface area contributed by atoms with Crippen LogP contribution in [0.2, 0.25) is 0 Å². The fraction of sp³-hybridized carbons (Fsp3) is 0.556. The molecule has 0 saturated heterocycles. The molecule has 0 atom stereocenters. The predicted molar refractivity (Wildman–Crippen MR) is 85.6 cm³/mol. The van der Waals surface area contributed by atoms with Crippen LogP contribution in [-0.4, -0.2) is 13.2 Å². The molecule has 0 N–H and O–H groups in total. The van der Waals surface area contributed by atoms with Gasteiger partial charge in [0.25, 0.3) is 0 Å². The van der Waals surface area contributed by atoms with E-state index in [0.29, 0.717) is 6.61 Å². The zero-order chi connectivity index (χ0) is 14.6. The molecule has 0 unspecified atom stereocenters. The van der Waals surface area contributed by atoms with Gasteiger partial charge in [-0.25, -0.2) is 0 Å². The van der Waals surface area contributed by atoms with Crippen molar-refractivity contribution in [3.63, 3.8) is 0 Å². The van der Waals surface area contributed by atoms with Crippen LogP contribution in [0.4, 0.5) is 0 Å². The van der Waals surface area contributed by atoms with Crippen LogP contribution >= 0.6 is 0 Å². The zero-order valence-corrected chi connectivity index (χ0v) is 12.8. The van der Waals surface area contributed by atoms with Crippen LogP contribution in [0.1, 0.15) is 45.4 Å². The van der Waals surface area contributed by atoms with Gasteiger partial charge in [-0.1, -0.05) is 44.2 Å². The predicted octanol–water partition coefficient (Wildman–Crippen LogP) is 5.24. The third-order valence-corrected chi connectivity index (χ3v) is 3.66. The second kappa shape index (κ2) is 10.4. The van der Waals surface area contributed by atoms with Crippen molar-refractivity contribution >= 4 is 0 Å². The lowest BCUT2D eigenvalue weighted by Gasteiger charge is -2.21. The third kappa shape index (κ3) is 5.68. The first-order chi connectivity index (χ1) is 9.90. The summed E-state index contributed by atoms with van der Waals surface area (Å²) in [6.45, 7) is 9.50. The maximum Gasteiger partial charge on any atom is 0.161 e. The van der Waals surface area contributed by atoms with E-state index in [-0.39, 0.29) is 0 Å². The zero-order valence-electron chi connectivity index (χ0n) is 12.8. The summed E-state index contributed by atoms with van der Waals surface area (Å²) in [7, 11) is 0. The second-order valence-corrected chi connectivity index (χ2v) is 5.02. The van der Waals surface area contributed by atoms with E-state index in [4.69, 9.17) is 9.47 Å². The molecule has 0 bridgehead atoms. The molecule has 1 saturated carbocycles. The monoisotopic (exact) mass is 276 g/mol. The van der Waals surface area contributed by atoms with Crippen LogP contribution in [0.5, 0.6) is 11.5 Å². The lowest BCUT2D eigenvalue weighted by molar-refractivity contribution is 0.233. The summed E-state index contributed by atoms with van der Waals surface area (Å²) in [6, 6.07) is 7.95. The Kier molecular flexibility index (Phi) is 8.61. The number of para-hydroxylation sites is 2. The van der Waals surface area contributed by atoms with E-state index in [1.807, 2.05) is 31.2 Å². The van der Waals surface area contributed by atoms with E-state index in [9.17, 15) is 0 Å². The Labute approximate surface area is 123 Å². The van der Waals surface area contributed by atoms with E-state index in [2.05, 4.69) is 13.2 Å². The molecule has 112 valence electrons. The van der Waals surface area contributed by atoms with Crippen molar-refractivity contribution in [2.45, 2.75) is 45.4 Å². The van der Waals surface area contributed by atoms with Crippen molar-refractivity contribution in [1.82, 2.24) is 0 Å². The Hall–Kier alpha value is -1.44. The summed E-state index contributed by atoms with van der Waals surface area (Å²) in [5.41, 5.74) is 0. The van der Waals surface area contributed by atoms with E-state index < -0.39 is 0 Å². The van der Waals surface area contributed by atoms with Crippen LogP contribution in [0, 0.1) is 5.92 Å². The second-order valence-electron chi connectivity index (χ2n) is 5.02. The molecule has 2 rings (SSSR count). The van der Waals surface area contributed by atoms with Gasteiger partial charge in [0.1, 0.15) is 0 Å². The standard InChI is InChI=1S/C16H24O2.C2H4/c1-2-17-15-10-6-7-11-16(15)18-13-12-14-8-4-3-5-9-14;1-2/h6-7,10-11,14H,2-5,8-9,12-13H2,1H3;1-2H2. The number of hydrogen-bond acceptors (Lipinski definition) is 2. The van der Waals surface area contributed by atoms with E-state index in [0.717, 1.165) is 24.0 Å². The summed E-state index contributed by atoms with van der Waals surface area (Å²) in [5.74, 6) is 2.62. The summed E-state index contributed by atoms with van der Waals surface area (Å²) in [5, 5.41) is 0. The number of hydrogen-bond donors (Lipinski definition) is 0. The van der Waals surface area contributed by atoms with E-state index in [1.165, 1.54) is 38.5 Å². The maximum atomic E-state index is 5.87. The Morgan fingerprint density at radius 1 is 1.00 bits per heavy atom. The van der Waals surface area contributed by atoms with Gasteiger partial charge in [0.15, 0.2) is 11.5 Å². The van der Waals surface area contributed by atoms with Gasteiger partial charge in [-0.3, -0.25) is 0 Å². The van der Waals surface area contributed by atoms with Crippen molar-refractivity contribution in [1.29, 1.82) is 0 Å². The van der Waals surface area contributed by atoms with E-state index in [1.54, 1.807) is 0 Å². The summed E-state index contributed by atoms with van der Waals surface area (Å²) < 4.78 is 11.4. The molecular weight excluding hydrogens is 248 g/mol. The lowest BCUT2D eigenvalue weighted by atomic mass is 9.87. The smallest absolute Gasteiger partial charge is 0.161 e. The first kappa shape index (κ1) is 16.6. The minimum Gasteiger partial charge on any atom is -0.490 e.